The number of carbonyl (C=O) groups is 1. The summed E-state index contributed by atoms with van der Waals surface area (Å²) in [4.78, 5) is 14.2. The molecule has 0 radical (unpaired) electrons. The summed E-state index contributed by atoms with van der Waals surface area (Å²) in [6, 6.07) is 4.75. The fourth-order valence-electron chi connectivity index (χ4n) is 2.78. The Hall–Kier alpha value is -2.15. The summed E-state index contributed by atoms with van der Waals surface area (Å²) in [5, 5.41) is 2.80. The maximum absolute atomic E-state index is 12.6. The summed E-state index contributed by atoms with van der Waals surface area (Å²) in [5.74, 6) is -0.173. The highest BCUT2D eigenvalue weighted by atomic mass is 19.3. The van der Waals surface area contributed by atoms with Crippen LogP contribution in [0.2, 0.25) is 0 Å². The summed E-state index contributed by atoms with van der Waals surface area (Å²) in [5.41, 5.74) is 0.353. The Morgan fingerprint density at radius 2 is 2.08 bits per heavy atom. The second-order valence-corrected chi connectivity index (χ2v) is 5.78. The molecule has 1 heterocycles. The largest absolute Gasteiger partial charge is 0.493 e. The molecule has 1 N–H and O–H groups in total. The Balaban J connectivity index is 1.90. The second kappa shape index (κ2) is 9.98. The fraction of sp³-hybridized carbons (Fsp3) is 0.500. The normalized spacial score (nSPS) is 15.5. The van der Waals surface area contributed by atoms with Crippen molar-refractivity contribution in [1.29, 1.82) is 0 Å². The smallest absolute Gasteiger partial charge is 0.387 e. The number of likely N-dealkylation sites (tertiary alicyclic amines) is 1. The number of carbonyl (C=O) groups excluding carboxylic acids is 1. The molecule has 1 aliphatic rings. The average Bonchev–Trinajstić information content (AvgIpc) is 2.61. The molecular weight excluding hydrogens is 330 g/mol. The van der Waals surface area contributed by atoms with E-state index >= 15 is 0 Å². The second-order valence-electron chi connectivity index (χ2n) is 5.78. The zero-order valence-electron chi connectivity index (χ0n) is 14.3. The highest BCUT2D eigenvalue weighted by Crippen LogP contribution is 2.33. The lowest BCUT2D eigenvalue weighted by Gasteiger charge is -2.26. The van der Waals surface area contributed by atoms with Gasteiger partial charge in [-0.3, -0.25) is 4.79 Å². The Morgan fingerprint density at radius 1 is 1.32 bits per heavy atom. The minimum absolute atomic E-state index is 0.0858. The van der Waals surface area contributed by atoms with Crippen molar-refractivity contribution in [3.63, 3.8) is 0 Å². The van der Waals surface area contributed by atoms with E-state index in [4.69, 9.17) is 4.74 Å². The van der Waals surface area contributed by atoms with Crippen LogP contribution in [0.5, 0.6) is 11.5 Å². The molecule has 0 aromatic heterocycles. The minimum Gasteiger partial charge on any atom is -0.493 e. The molecule has 7 heteroatoms. The molecule has 1 aromatic rings. The quantitative estimate of drug-likeness (QED) is 0.730. The van der Waals surface area contributed by atoms with Crippen LogP contribution in [0.15, 0.2) is 24.3 Å². The van der Waals surface area contributed by atoms with Crippen molar-refractivity contribution in [1.82, 2.24) is 10.2 Å². The van der Waals surface area contributed by atoms with E-state index in [2.05, 4.69) is 15.0 Å². The highest BCUT2D eigenvalue weighted by Gasteiger charge is 2.14. The van der Waals surface area contributed by atoms with Gasteiger partial charge in [0.2, 0.25) is 5.91 Å². The van der Waals surface area contributed by atoms with E-state index in [1.807, 2.05) is 0 Å². The first kappa shape index (κ1) is 19.2. The van der Waals surface area contributed by atoms with Gasteiger partial charge in [-0.2, -0.15) is 8.78 Å². The van der Waals surface area contributed by atoms with Crippen LogP contribution in [0.3, 0.4) is 0 Å². The first-order valence-corrected chi connectivity index (χ1v) is 8.40. The molecule has 1 fully saturated rings. The zero-order valence-corrected chi connectivity index (χ0v) is 14.3. The number of halogens is 2. The van der Waals surface area contributed by atoms with Gasteiger partial charge in [0.1, 0.15) is 0 Å². The third-order valence-electron chi connectivity index (χ3n) is 4.03. The maximum Gasteiger partial charge on any atom is 0.387 e. The van der Waals surface area contributed by atoms with Crippen LogP contribution in [0, 0.1) is 0 Å². The summed E-state index contributed by atoms with van der Waals surface area (Å²) in [7, 11) is 1.37. The number of rotatable bonds is 8. The number of hydrogen-bond donors (Lipinski definition) is 1. The van der Waals surface area contributed by atoms with Gasteiger partial charge in [0, 0.05) is 24.7 Å². The van der Waals surface area contributed by atoms with E-state index in [0.717, 1.165) is 19.6 Å². The molecule has 0 spiro atoms. The van der Waals surface area contributed by atoms with Gasteiger partial charge in [-0.05, 0) is 38.1 Å². The van der Waals surface area contributed by atoms with Crippen molar-refractivity contribution in [2.45, 2.75) is 25.9 Å². The molecule has 1 aliphatic heterocycles. The summed E-state index contributed by atoms with van der Waals surface area (Å²) in [6.45, 7) is 0.551. The first-order valence-electron chi connectivity index (χ1n) is 8.40. The lowest BCUT2D eigenvalue weighted by molar-refractivity contribution is -0.116. The maximum atomic E-state index is 12.6. The van der Waals surface area contributed by atoms with Gasteiger partial charge in [-0.15, -0.1) is 0 Å². The molecule has 0 saturated carbocycles. The molecule has 1 saturated heterocycles. The van der Waals surface area contributed by atoms with E-state index < -0.39 is 6.61 Å². The standard InChI is InChI=1S/C18H24F2N2O3/c1-24-15-7-5-6-14(17(15)25-18(19)20)8-9-16(23)21-10-13-22-11-3-2-4-12-22/h5-9,18H,2-4,10-13H2,1H3,(H,21,23)/b9-8+. The number of methoxy groups -OCH3 is 1. The number of piperidine rings is 1. The number of nitrogens with zero attached hydrogens (tertiary/aromatic N) is 1. The van der Waals surface area contributed by atoms with Crippen molar-refractivity contribution >= 4 is 12.0 Å². The van der Waals surface area contributed by atoms with Gasteiger partial charge in [0.05, 0.1) is 7.11 Å². The topological polar surface area (TPSA) is 50.8 Å². The summed E-state index contributed by atoms with van der Waals surface area (Å²) >= 11 is 0. The molecule has 0 bridgehead atoms. The zero-order chi connectivity index (χ0) is 18.1. The van der Waals surface area contributed by atoms with Gasteiger partial charge in [-0.25, -0.2) is 0 Å². The Morgan fingerprint density at radius 3 is 2.76 bits per heavy atom. The monoisotopic (exact) mass is 354 g/mol. The van der Waals surface area contributed by atoms with Gasteiger partial charge in [0.25, 0.3) is 0 Å². The number of amides is 1. The number of alkyl halides is 2. The van der Waals surface area contributed by atoms with E-state index in [1.165, 1.54) is 44.6 Å². The van der Waals surface area contributed by atoms with Crippen LogP contribution in [0.25, 0.3) is 6.08 Å². The van der Waals surface area contributed by atoms with Crippen LogP contribution in [0.4, 0.5) is 8.78 Å². The van der Waals surface area contributed by atoms with Crippen LogP contribution >= 0.6 is 0 Å². The van der Waals surface area contributed by atoms with E-state index in [-0.39, 0.29) is 17.4 Å². The summed E-state index contributed by atoms with van der Waals surface area (Å²) in [6.07, 6.45) is 6.43. The van der Waals surface area contributed by atoms with Gasteiger partial charge in [0.15, 0.2) is 11.5 Å². The van der Waals surface area contributed by atoms with Crippen molar-refractivity contribution in [3.05, 3.63) is 29.8 Å². The minimum atomic E-state index is -2.97. The molecule has 2 rings (SSSR count). The van der Waals surface area contributed by atoms with Crippen LogP contribution in [0.1, 0.15) is 24.8 Å². The van der Waals surface area contributed by atoms with E-state index in [9.17, 15) is 13.6 Å². The molecule has 1 amide bonds. The highest BCUT2D eigenvalue weighted by molar-refractivity contribution is 5.92. The molecule has 0 atom stereocenters. The lowest BCUT2D eigenvalue weighted by Crippen LogP contribution is -2.37. The van der Waals surface area contributed by atoms with Gasteiger partial charge in [-0.1, -0.05) is 18.6 Å². The number of hydrogen-bond acceptors (Lipinski definition) is 4. The molecule has 5 nitrogen and oxygen atoms in total. The van der Waals surface area contributed by atoms with E-state index in [0.29, 0.717) is 12.1 Å². The van der Waals surface area contributed by atoms with Gasteiger partial charge < -0.3 is 19.7 Å². The first-order chi connectivity index (χ1) is 12.1. The van der Waals surface area contributed by atoms with Crippen molar-refractivity contribution < 1.29 is 23.0 Å². The Kier molecular flexibility index (Phi) is 7.66. The predicted octanol–water partition coefficient (Wildman–Crippen LogP) is 2.91. The third kappa shape index (κ3) is 6.34. The summed E-state index contributed by atoms with van der Waals surface area (Å²) < 4.78 is 34.7. The number of para-hydroxylation sites is 1. The van der Waals surface area contributed by atoms with Crippen LogP contribution in [-0.2, 0) is 4.79 Å². The average molecular weight is 354 g/mol. The van der Waals surface area contributed by atoms with Crippen LogP contribution < -0.4 is 14.8 Å². The molecule has 138 valence electrons. The molecule has 0 aliphatic carbocycles. The van der Waals surface area contributed by atoms with Crippen molar-refractivity contribution in [3.8, 4) is 11.5 Å². The molecule has 1 aromatic carbocycles. The number of ether oxygens (including phenoxy) is 2. The number of benzene rings is 1. The van der Waals surface area contributed by atoms with Gasteiger partial charge >= 0.3 is 6.61 Å². The van der Waals surface area contributed by atoms with Crippen LogP contribution in [-0.4, -0.2) is 50.7 Å². The van der Waals surface area contributed by atoms with E-state index in [1.54, 1.807) is 12.1 Å². The molecular formula is C18H24F2N2O3. The predicted molar refractivity (Wildman–Crippen MR) is 92.0 cm³/mol. The SMILES string of the molecule is COc1cccc(/C=C/C(=O)NCCN2CCCCC2)c1OC(F)F. The fourth-order valence-corrected chi connectivity index (χ4v) is 2.78. The Labute approximate surface area is 146 Å². The van der Waals surface area contributed by atoms with Crippen molar-refractivity contribution in [2.75, 3.05) is 33.3 Å². The molecule has 0 unspecified atom stereocenters. The lowest BCUT2D eigenvalue weighted by atomic mass is 10.1. The van der Waals surface area contributed by atoms with Crippen molar-refractivity contribution in [2.24, 2.45) is 0 Å². The third-order valence-corrected chi connectivity index (χ3v) is 4.03. The molecule has 25 heavy (non-hydrogen) atoms. The Bertz CT molecular complexity index is 588. The number of nitrogens with one attached hydrogen (secondary N) is 1.